The third kappa shape index (κ3) is 3.55. The number of rotatable bonds is 6. The maximum atomic E-state index is 12.8. The molecule has 0 bridgehead atoms. The average molecular weight is 390 g/mol. The van der Waals surface area contributed by atoms with Crippen LogP contribution in [0.15, 0.2) is 48.5 Å². The van der Waals surface area contributed by atoms with E-state index in [0.717, 1.165) is 53.7 Å². The van der Waals surface area contributed by atoms with Crippen LogP contribution in [0.2, 0.25) is 0 Å². The number of amides is 1. The van der Waals surface area contributed by atoms with Crippen LogP contribution in [-0.2, 0) is 24.3 Å². The van der Waals surface area contributed by atoms with Crippen molar-refractivity contribution in [3.8, 4) is 11.5 Å². The topological polar surface area (TPSA) is 78.3 Å². The Bertz CT molecular complexity index is 1030. The highest BCUT2D eigenvalue weighted by molar-refractivity contribution is 5.77. The second-order valence-corrected chi connectivity index (χ2v) is 7.34. The fraction of sp³-hybridized carbons (Fsp3) is 0.318. The number of aromatic nitrogens is 3. The molecule has 1 aromatic heterocycles. The number of benzene rings is 2. The molecule has 5 rings (SSSR count). The van der Waals surface area contributed by atoms with Gasteiger partial charge in [0.05, 0.1) is 6.54 Å². The van der Waals surface area contributed by atoms with Gasteiger partial charge >= 0.3 is 0 Å². The molecule has 2 aromatic carbocycles. The van der Waals surface area contributed by atoms with Crippen molar-refractivity contribution in [1.82, 2.24) is 20.1 Å². The predicted octanol–water partition coefficient (Wildman–Crippen LogP) is 2.79. The van der Waals surface area contributed by atoms with Gasteiger partial charge in [-0.2, -0.15) is 0 Å². The Morgan fingerprint density at radius 2 is 1.93 bits per heavy atom. The fourth-order valence-electron chi connectivity index (χ4n) is 4.02. The number of aryl methyl sites for hydroxylation is 1. The maximum Gasteiger partial charge on any atom is 0.231 e. The molecule has 2 aliphatic rings. The summed E-state index contributed by atoms with van der Waals surface area (Å²) < 4.78 is 13.1. The average Bonchev–Trinajstić information content (AvgIpc) is 3.48. The highest BCUT2D eigenvalue weighted by Gasteiger charge is 2.23. The Morgan fingerprint density at radius 3 is 2.83 bits per heavy atom. The number of nitrogens with zero attached hydrogens (tertiary/aromatic N) is 3. The summed E-state index contributed by atoms with van der Waals surface area (Å²) in [5.74, 6) is 3.21. The van der Waals surface area contributed by atoms with Crippen LogP contribution in [0.3, 0.4) is 0 Å². The molecular weight excluding hydrogens is 368 g/mol. The first-order valence-corrected chi connectivity index (χ1v) is 9.90. The van der Waals surface area contributed by atoms with E-state index in [9.17, 15) is 4.79 Å². The molecule has 0 saturated carbocycles. The Kier molecular flexibility index (Phi) is 4.63. The lowest BCUT2D eigenvalue weighted by Gasteiger charge is -2.18. The molecule has 0 unspecified atom stereocenters. The quantitative estimate of drug-likeness (QED) is 0.700. The lowest BCUT2D eigenvalue weighted by Crippen LogP contribution is -2.26. The fourth-order valence-corrected chi connectivity index (χ4v) is 4.02. The number of hydrogen-bond acceptors (Lipinski definition) is 5. The van der Waals surface area contributed by atoms with Crippen molar-refractivity contribution in [2.24, 2.45) is 0 Å². The smallest absolute Gasteiger partial charge is 0.231 e. The van der Waals surface area contributed by atoms with E-state index in [0.29, 0.717) is 13.0 Å². The molecule has 0 fully saturated rings. The van der Waals surface area contributed by atoms with Crippen LogP contribution in [0.4, 0.5) is 0 Å². The summed E-state index contributed by atoms with van der Waals surface area (Å²) in [4.78, 5) is 12.8. The van der Waals surface area contributed by atoms with E-state index in [4.69, 9.17) is 9.47 Å². The van der Waals surface area contributed by atoms with E-state index in [1.807, 2.05) is 48.5 Å². The minimum absolute atomic E-state index is 0.0214. The normalized spacial score (nSPS) is 15.2. The summed E-state index contributed by atoms with van der Waals surface area (Å²) in [5, 5.41) is 11.4. The van der Waals surface area contributed by atoms with E-state index in [1.165, 1.54) is 0 Å². The highest BCUT2D eigenvalue weighted by Crippen LogP contribution is 2.37. The SMILES string of the molecule is O=C(C[C@@H](c1ccccc1)c1ccc2c(c1)OCO2)NCc1nnc2n1CCC2. The van der Waals surface area contributed by atoms with Gasteiger partial charge < -0.3 is 19.4 Å². The molecule has 7 nitrogen and oxygen atoms in total. The molecule has 1 N–H and O–H groups in total. The number of nitrogens with one attached hydrogen (secondary N) is 1. The zero-order chi connectivity index (χ0) is 19.6. The number of fused-ring (bicyclic) bond motifs is 2. The van der Waals surface area contributed by atoms with Crippen molar-refractivity contribution in [3.05, 3.63) is 71.3 Å². The van der Waals surface area contributed by atoms with E-state index < -0.39 is 0 Å². The van der Waals surface area contributed by atoms with Gasteiger partial charge in [0, 0.05) is 25.3 Å². The Hall–Kier alpha value is -3.35. The van der Waals surface area contributed by atoms with Crippen LogP contribution in [0, 0.1) is 0 Å². The summed E-state index contributed by atoms with van der Waals surface area (Å²) in [6.07, 6.45) is 2.39. The number of carbonyl (C=O) groups is 1. The Labute approximate surface area is 168 Å². The van der Waals surface area contributed by atoms with E-state index in [2.05, 4.69) is 20.1 Å². The van der Waals surface area contributed by atoms with Crippen molar-refractivity contribution in [2.45, 2.75) is 38.3 Å². The molecule has 7 heteroatoms. The van der Waals surface area contributed by atoms with Gasteiger partial charge in [0.15, 0.2) is 17.3 Å². The van der Waals surface area contributed by atoms with Crippen LogP contribution in [-0.4, -0.2) is 27.5 Å². The lowest BCUT2D eigenvalue weighted by molar-refractivity contribution is -0.121. The molecule has 0 saturated heterocycles. The molecule has 29 heavy (non-hydrogen) atoms. The van der Waals surface area contributed by atoms with E-state index >= 15 is 0 Å². The third-order valence-electron chi connectivity index (χ3n) is 5.52. The Morgan fingerprint density at radius 1 is 1.07 bits per heavy atom. The van der Waals surface area contributed by atoms with Crippen molar-refractivity contribution < 1.29 is 14.3 Å². The molecule has 0 spiro atoms. The molecular formula is C22H22N4O3. The van der Waals surface area contributed by atoms with Gasteiger partial charge in [-0.15, -0.1) is 10.2 Å². The largest absolute Gasteiger partial charge is 0.454 e. The molecule has 1 atom stereocenters. The maximum absolute atomic E-state index is 12.8. The zero-order valence-corrected chi connectivity index (χ0v) is 16.0. The van der Waals surface area contributed by atoms with Gasteiger partial charge in [0.2, 0.25) is 12.7 Å². The second kappa shape index (κ2) is 7.58. The number of ether oxygens (including phenoxy) is 2. The lowest BCUT2D eigenvalue weighted by atomic mass is 9.88. The van der Waals surface area contributed by atoms with Gasteiger partial charge in [-0.25, -0.2) is 0 Å². The van der Waals surface area contributed by atoms with E-state index in [1.54, 1.807) is 0 Å². The van der Waals surface area contributed by atoms with Crippen LogP contribution >= 0.6 is 0 Å². The molecule has 1 amide bonds. The van der Waals surface area contributed by atoms with Crippen molar-refractivity contribution >= 4 is 5.91 Å². The van der Waals surface area contributed by atoms with Gasteiger partial charge in [0.25, 0.3) is 0 Å². The summed E-state index contributed by atoms with van der Waals surface area (Å²) in [6.45, 7) is 1.56. The van der Waals surface area contributed by atoms with Crippen molar-refractivity contribution in [1.29, 1.82) is 0 Å². The summed E-state index contributed by atoms with van der Waals surface area (Å²) in [7, 11) is 0. The minimum atomic E-state index is -0.0742. The van der Waals surface area contributed by atoms with Crippen LogP contribution < -0.4 is 14.8 Å². The summed E-state index contributed by atoms with van der Waals surface area (Å²) in [6, 6.07) is 15.9. The Balaban J connectivity index is 1.33. The molecule has 3 heterocycles. The number of carbonyl (C=O) groups excluding carboxylic acids is 1. The van der Waals surface area contributed by atoms with Crippen LogP contribution in [0.25, 0.3) is 0 Å². The molecule has 0 radical (unpaired) electrons. The third-order valence-corrected chi connectivity index (χ3v) is 5.52. The van der Waals surface area contributed by atoms with Crippen LogP contribution in [0.5, 0.6) is 11.5 Å². The first-order valence-electron chi connectivity index (χ1n) is 9.90. The second-order valence-electron chi connectivity index (χ2n) is 7.34. The van der Waals surface area contributed by atoms with Crippen molar-refractivity contribution in [3.63, 3.8) is 0 Å². The molecule has 2 aliphatic heterocycles. The van der Waals surface area contributed by atoms with Gasteiger partial charge in [-0.1, -0.05) is 36.4 Å². The molecule has 0 aliphatic carbocycles. The van der Waals surface area contributed by atoms with Crippen molar-refractivity contribution in [2.75, 3.05) is 6.79 Å². The first kappa shape index (κ1) is 17.7. The first-order chi connectivity index (χ1) is 14.3. The summed E-state index contributed by atoms with van der Waals surface area (Å²) in [5.41, 5.74) is 2.11. The summed E-state index contributed by atoms with van der Waals surface area (Å²) >= 11 is 0. The minimum Gasteiger partial charge on any atom is -0.454 e. The standard InChI is InChI=1S/C22H22N4O3/c27-22(23-13-21-25-24-20-7-4-10-26(20)21)12-17(15-5-2-1-3-6-15)16-8-9-18-19(11-16)29-14-28-18/h1-3,5-6,8-9,11,17H,4,7,10,12-14H2,(H,23,27)/t17-/m0/s1. The zero-order valence-electron chi connectivity index (χ0n) is 16.0. The molecule has 3 aromatic rings. The number of hydrogen-bond donors (Lipinski definition) is 1. The highest BCUT2D eigenvalue weighted by atomic mass is 16.7. The predicted molar refractivity (Wildman–Crippen MR) is 106 cm³/mol. The molecule has 148 valence electrons. The van der Waals surface area contributed by atoms with Gasteiger partial charge in [-0.05, 0) is 29.7 Å². The van der Waals surface area contributed by atoms with Gasteiger partial charge in [0.1, 0.15) is 5.82 Å². The van der Waals surface area contributed by atoms with E-state index in [-0.39, 0.29) is 18.6 Å². The monoisotopic (exact) mass is 390 g/mol. The van der Waals surface area contributed by atoms with Crippen LogP contribution in [0.1, 0.15) is 41.5 Å². The van der Waals surface area contributed by atoms with Gasteiger partial charge in [-0.3, -0.25) is 4.79 Å².